The molecule has 1 saturated carbocycles. The number of nitrogens with zero attached hydrogens (tertiary/aromatic N) is 3. The Morgan fingerprint density at radius 3 is 2.47 bits per heavy atom. The molecule has 3 nitrogen and oxygen atoms in total. The lowest BCUT2D eigenvalue weighted by Gasteiger charge is -2.26. The average Bonchev–Trinajstić information content (AvgIpc) is 2.61. The SMILES string of the molecule is CN(Cc1ccc(Cl)nn1)C1CCCCCC1. The van der Waals surface area contributed by atoms with Crippen molar-refractivity contribution in [2.24, 2.45) is 0 Å². The average molecular weight is 254 g/mol. The summed E-state index contributed by atoms with van der Waals surface area (Å²) in [6, 6.07) is 4.47. The molecule has 0 unspecified atom stereocenters. The molecular weight excluding hydrogens is 234 g/mol. The molecule has 2 rings (SSSR count). The van der Waals surface area contributed by atoms with Gasteiger partial charge in [-0.3, -0.25) is 4.90 Å². The van der Waals surface area contributed by atoms with Crippen molar-refractivity contribution in [3.63, 3.8) is 0 Å². The molecule has 0 N–H and O–H groups in total. The highest BCUT2D eigenvalue weighted by Crippen LogP contribution is 2.21. The van der Waals surface area contributed by atoms with E-state index in [-0.39, 0.29) is 0 Å². The third-order valence-corrected chi connectivity index (χ3v) is 3.75. The van der Waals surface area contributed by atoms with Crippen LogP contribution >= 0.6 is 11.6 Å². The Morgan fingerprint density at radius 2 is 1.88 bits per heavy atom. The monoisotopic (exact) mass is 253 g/mol. The second-order valence-electron chi connectivity index (χ2n) is 4.91. The van der Waals surface area contributed by atoms with Crippen LogP contribution in [0.15, 0.2) is 12.1 Å². The smallest absolute Gasteiger partial charge is 0.151 e. The lowest BCUT2D eigenvalue weighted by molar-refractivity contribution is 0.210. The fraction of sp³-hybridized carbons (Fsp3) is 0.692. The van der Waals surface area contributed by atoms with E-state index in [2.05, 4.69) is 22.1 Å². The van der Waals surface area contributed by atoms with Crippen LogP contribution in [0.1, 0.15) is 44.2 Å². The van der Waals surface area contributed by atoms with Crippen molar-refractivity contribution in [3.05, 3.63) is 23.0 Å². The van der Waals surface area contributed by atoms with E-state index in [1.807, 2.05) is 12.1 Å². The van der Waals surface area contributed by atoms with Gasteiger partial charge in [-0.1, -0.05) is 37.3 Å². The summed E-state index contributed by atoms with van der Waals surface area (Å²) in [6.45, 7) is 0.870. The van der Waals surface area contributed by atoms with Gasteiger partial charge in [-0.15, -0.1) is 5.10 Å². The summed E-state index contributed by atoms with van der Waals surface area (Å²) in [5.41, 5.74) is 1.00. The molecule has 1 aliphatic rings. The van der Waals surface area contributed by atoms with Crippen LogP contribution in [0, 0.1) is 0 Å². The van der Waals surface area contributed by atoms with Crippen LogP contribution in [-0.2, 0) is 6.54 Å². The van der Waals surface area contributed by atoms with Crippen molar-refractivity contribution < 1.29 is 0 Å². The van der Waals surface area contributed by atoms with E-state index in [9.17, 15) is 0 Å². The van der Waals surface area contributed by atoms with Gasteiger partial charge in [0, 0.05) is 12.6 Å². The molecule has 1 aliphatic carbocycles. The van der Waals surface area contributed by atoms with Gasteiger partial charge in [0.15, 0.2) is 5.15 Å². The van der Waals surface area contributed by atoms with Crippen LogP contribution < -0.4 is 0 Å². The molecule has 0 bridgehead atoms. The zero-order valence-corrected chi connectivity index (χ0v) is 11.2. The molecule has 1 heterocycles. The summed E-state index contributed by atoms with van der Waals surface area (Å²) in [7, 11) is 2.19. The molecule has 94 valence electrons. The maximum Gasteiger partial charge on any atom is 0.151 e. The second-order valence-corrected chi connectivity index (χ2v) is 5.30. The highest BCUT2D eigenvalue weighted by Gasteiger charge is 2.17. The van der Waals surface area contributed by atoms with Gasteiger partial charge < -0.3 is 0 Å². The summed E-state index contributed by atoms with van der Waals surface area (Å²) in [5.74, 6) is 0. The first-order valence-electron chi connectivity index (χ1n) is 6.44. The summed E-state index contributed by atoms with van der Waals surface area (Å²) in [6.07, 6.45) is 8.15. The minimum Gasteiger partial charge on any atom is -0.298 e. The molecule has 1 aromatic heterocycles. The highest BCUT2D eigenvalue weighted by atomic mass is 35.5. The highest BCUT2D eigenvalue weighted by molar-refractivity contribution is 6.29. The Hall–Kier alpha value is -0.670. The van der Waals surface area contributed by atoms with Gasteiger partial charge in [0.2, 0.25) is 0 Å². The number of aromatic nitrogens is 2. The third kappa shape index (κ3) is 3.93. The molecule has 4 heteroatoms. The molecular formula is C13H20ClN3. The van der Waals surface area contributed by atoms with Crippen molar-refractivity contribution in [1.29, 1.82) is 0 Å². The van der Waals surface area contributed by atoms with Gasteiger partial charge in [-0.2, -0.15) is 5.10 Å². The number of hydrogen-bond acceptors (Lipinski definition) is 3. The predicted octanol–water partition coefficient (Wildman–Crippen LogP) is 3.28. The van der Waals surface area contributed by atoms with E-state index >= 15 is 0 Å². The first kappa shape index (κ1) is 12.8. The first-order valence-corrected chi connectivity index (χ1v) is 6.82. The molecule has 1 fully saturated rings. The van der Waals surface area contributed by atoms with Gasteiger partial charge >= 0.3 is 0 Å². The topological polar surface area (TPSA) is 29.0 Å². The zero-order chi connectivity index (χ0) is 12.1. The fourth-order valence-electron chi connectivity index (χ4n) is 2.51. The van der Waals surface area contributed by atoms with E-state index < -0.39 is 0 Å². The van der Waals surface area contributed by atoms with E-state index in [0.717, 1.165) is 12.2 Å². The van der Waals surface area contributed by atoms with Gasteiger partial charge in [-0.25, -0.2) is 0 Å². The van der Waals surface area contributed by atoms with Crippen molar-refractivity contribution >= 4 is 11.6 Å². The van der Waals surface area contributed by atoms with Crippen LogP contribution in [-0.4, -0.2) is 28.2 Å². The fourth-order valence-corrected chi connectivity index (χ4v) is 2.61. The normalized spacial score (nSPS) is 18.3. The maximum absolute atomic E-state index is 5.73. The number of halogens is 1. The first-order chi connectivity index (χ1) is 8.25. The Labute approximate surface area is 108 Å². The zero-order valence-electron chi connectivity index (χ0n) is 10.4. The van der Waals surface area contributed by atoms with Crippen LogP contribution in [0.4, 0.5) is 0 Å². The van der Waals surface area contributed by atoms with Gasteiger partial charge in [0.1, 0.15) is 0 Å². The van der Waals surface area contributed by atoms with Crippen LogP contribution in [0.2, 0.25) is 5.15 Å². The summed E-state index contributed by atoms with van der Waals surface area (Å²) >= 11 is 5.73. The Kier molecular flexibility index (Phi) is 4.75. The summed E-state index contributed by atoms with van der Waals surface area (Å²) < 4.78 is 0. The molecule has 0 aliphatic heterocycles. The van der Waals surface area contributed by atoms with E-state index in [1.165, 1.54) is 38.5 Å². The maximum atomic E-state index is 5.73. The van der Waals surface area contributed by atoms with Crippen molar-refractivity contribution in [3.8, 4) is 0 Å². The Bertz CT molecular complexity index is 331. The lowest BCUT2D eigenvalue weighted by atomic mass is 10.1. The molecule has 0 amide bonds. The summed E-state index contributed by atoms with van der Waals surface area (Å²) in [5, 5.41) is 8.46. The van der Waals surface area contributed by atoms with Crippen LogP contribution in [0.25, 0.3) is 0 Å². The lowest BCUT2D eigenvalue weighted by Crippen LogP contribution is -2.31. The molecule has 0 aromatic carbocycles. The molecule has 0 radical (unpaired) electrons. The minimum atomic E-state index is 0.464. The van der Waals surface area contributed by atoms with Gasteiger partial charge in [-0.05, 0) is 32.0 Å². The standard InChI is InChI=1S/C13H20ClN3/c1-17(12-6-4-2-3-5-7-12)10-11-8-9-13(14)16-15-11/h8-9,12H,2-7,10H2,1H3. The van der Waals surface area contributed by atoms with Crippen molar-refractivity contribution in [2.75, 3.05) is 7.05 Å². The molecule has 17 heavy (non-hydrogen) atoms. The van der Waals surface area contributed by atoms with E-state index in [1.54, 1.807) is 0 Å². The predicted molar refractivity (Wildman–Crippen MR) is 70.0 cm³/mol. The van der Waals surface area contributed by atoms with Crippen molar-refractivity contribution in [1.82, 2.24) is 15.1 Å². The number of hydrogen-bond donors (Lipinski definition) is 0. The largest absolute Gasteiger partial charge is 0.298 e. The van der Waals surface area contributed by atoms with E-state index in [4.69, 9.17) is 11.6 Å². The van der Waals surface area contributed by atoms with Gasteiger partial charge in [0.25, 0.3) is 0 Å². The molecule has 0 spiro atoms. The number of rotatable bonds is 3. The van der Waals surface area contributed by atoms with Gasteiger partial charge in [0.05, 0.1) is 5.69 Å². The van der Waals surface area contributed by atoms with Crippen molar-refractivity contribution in [2.45, 2.75) is 51.1 Å². The van der Waals surface area contributed by atoms with E-state index in [0.29, 0.717) is 11.2 Å². The summed E-state index contributed by atoms with van der Waals surface area (Å²) in [4.78, 5) is 2.41. The third-order valence-electron chi connectivity index (χ3n) is 3.55. The minimum absolute atomic E-state index is 0.464. The Morgan fingerprint density at radius 1 is 1.18 bits per heavy atom. The van der Waals surface area contributed by atoms with Crippen LogP contribution in [0.5, 0.6) is 0 Å². The molecule has 1 aromatic rings. The Balaban J connectivity index is 1.90. The van der Waals surface area contributed by atoms with Crippen LogP contribution in [0.3, 0.4) is 0 Å². The quantitative estimate of drug-likeness (QED) is 0.774. The second kappa shape index (κ2) is 6.31. The molecule has 0 atom stereocenters. The molecule has 0 saturated heterocycles.